The summed E-state index contributed by atoms with van der Waals surface area (Å²) in [5, 5.41) is 12.5. The van der Waals surface area contributed by atoms with E-state index in [0.29, 0.717) is 18.5 Å². The summed E-state index contributed by atoms with van der Waals surface area (Å²) in [6, 6.07) is 8.99. The van der Waals surface area contributed by atoms with E-state index in [1.165, 1.54) is 0 Å². The maximum Gasteiger partial charge on any atom is 0.338 e. The van der Waals surface area contributed by atoms with Crippen molar-refractivity contribution in [2.75, 3.05) is 13.6 Å². The third-order valence-electron chi connectivity index (χ3n) is 5.00. The number of quaternary nitrogens is 1. The molecule has 1 fully saturated rings. The maximum absolute atomic E-state index is 12.5. The van der Waals surface area contributed by atoms with Gasteiger partial charge >= 0.3 is 5.97 Å². The number of hydrogen-bond donors (Lipinski definition) is 0. The van der Waals surface area contributed by atoms with Crippen LogP contribution in [0.25, 0.3) is 0 Å². The first-order valence-electron chi connectivity index (χ1n) is 7.08. The third kappa shape index (κ3) is 2.58. The molecule has 4 nitrogen and oxygen atoms in total. The minimum absolute atomic E-state index is 0.0198. The average molecular weight is 277 g/mol. The number of rotatable bonds is 2. The van der Waals surface area contributed by atoms with Crippen molar-refractivity contribution in [2.24, 2.45) is 5.92 Å². The van der Waals surface area contributed by atoms with E-state index in [1.807, 2.05) is 39.0 Å². The first kappa shape index (κ1) is 15.0. The monoisotopic (exact) mass is 277 g/mol. The van der Waals surface area contributed by atoms with Gasteiger partial charge in [0.1, 0.15) is 6.10 Å². The van der Waals surface area contributed by atoms with Crippen LogP contribution >= 0.6 is 0 Å². The number of hydroxylamine groups is 3. The summed E-state index contributed by atoms with van der Waals surface area (Å²) < 4.78 is 5.35. The van der Waals surface area contributed by atoms with Gasteiger partial charge in [-0.05, 0) is 26.0 Å². The van der Waals surface area contributed by atoms with E-state index in [9.17, 15) is 10.0 Å². The van der Waals surface area contributed by atoms with E-state index in [2.05, 4.69) is 0 Å². The number of benzene rings is 1. The van der Waals surface area contributed by atoms with Crippen LogP contribution in [0.4, 0.5) is 0 Å². The second-order valence-electron chi connectivity index (χ2n) is 6.37. The fourth-order valence-electron chi connectivity index (χ4n) is 2.74. The molecule has 2 rings (SSSR count). The van der Waals surface area contributed by atoms with E-state index in [-0.39, 0.29) is 22.6 Å². The van der Waals surface area contributed by atoms with Gasteiger partial charge in [0.25, 0.3) is 0 Å². The number of hydrogen-bond acceptors (Lipinski definition) is 3. The molecule has 3 unspecified atom stereocenters. The molecule has 0 radical (unpaired) electrons. The van der Waals surface area contributed by atoms with Crippen molar-refractivity contribution in [1.82, 2.24) is 0 Å². The van der Waals surface area contributed by atoms with E-state index in [1.54, 1.807) is 19.2 Å². The van der Waals surface area contributed by atoms with Crippen LogP contribution in [0.2, 0.25) is 0 Å². The van der Waals surface area contributed by atoms with Crippen LogP contribution in [0.3, 0.4) is 0 Å². The van der Waals surface area contributed by atoms with Gasteiger partial charge in [-0.25, -0.2) is 4.79 Å². The van der Waals surface area contributed by atoms with Crippen molar-refractivity contribution >= 4 is 5.97 Å². The van der Waals surface area contributed by atoms with Crippen molar-refractivity contribution in [3.8, 4) is 0 Å². The molecule has 1 aromatic carbocycles. The Labute approximate surface area is 120 Å². The molecule has 1 aliphatic rings. The zero-order valence-electron chi connectivity index (χ0n) is 12.6. The van der Waals surface area contributed by atoms with Gasteiger partial charge in [-0.3, -0.25) is 0 Å². The first-order valence-corrected chi connectivity index (χ1v) is 7.08. The molecule has 0 amide bonds. The lowest BCUT2D eigenvalue weighted by atomic mass is 9.78. The smallest absolute Gasteiger partial charge is 0.338 e. The molecule has 4 heteroatoms. The average Bonchev–Trinajstić information content (AvgIpc) is 2.41. The van der Waals surface area contributed by atoms with Gasteiger partial charge in [-0.2, -0.15) is 0 Å². The molecule has 0 spiro atoms. The number of carbonyl (C=O) groups is 1. The first-order chi connectivity index (χ1) is 9.25. The summed E-state index contributed by atoms with van der Waals surface area (Å²) >= 11 is 0. The Morgan fingerprint density at radius 3 is 2.55 bits per heavy atom. The summed E-state index contributed by atoms with van der Waals surface area (Å²) in [4.78, 5) is 12.1. The highest BCUT2D eigenvalue weighted by atomic mass is 16.6. The molecular weight excluding hydrogens is 254 g/mol. The molecule has 1 aromatic rings. The molecule has 0 aliphatic carbocycles. The predicted octanol–water partition coefficient (Wildman–Crippen LogP) is 2.97. The summed E-state index contributed by atoms with van der Waals surface area (Å²) in [6.07, 6.45) is 0.418. The lowest BCUT2D eigenvalue weighted by Gasteiger charge is -2.58. The lowest BCUT2D eigenvalue weighted by Crippen LogP contribution is -2.65. The molecule has 0 aromatic heterocycles. The Morgan fingerprint density at radius 1 is 1.35 bits per heavy atom. The fourth-order valence-corrected chi connectivity index (χ4v) is 2.74. The molecule has 110 valence electrons. The maximum atomic E-state index is 12.5. The van der Waals surface area contributed by atoms with Crippen LogP contribution in [0, 0.1) is 11.1 Å². The number of piperidine rings is 1. The summed E-state index contributed by atoms with van der Waals surface area (Å²) in [7, 11) is 1.70. The number of nitrogens with zero attached hydrogens (tertiary/aromatic N) is 1. The molecule has 3 atom stereocenters. The third-order valence-corrected chi connectivity index (χ3v) is 5.00. The van der Waals surface area contributed by atoms with E-state index >= 15 is 0 Å². The minimum Gasteiger partial charge on any atom is -0.633 e. The summed E-state index contributed by atoms with van der Waals surface area (Å²) in [5.41, 5.74) is 0.0994. The van der Waals surface area contributed by atoms with Gasteiger partial charge in [-0.1, -0.05) is 25.1 Å². The zero-order valence-corrected chi connectivity index (χ0v) is 12.6. The highest BCUT2D eigenvalue weighted by Crippen LogP contribution is 2.38. The molecule has 0 saturated carbocycles. The van der Waals surface area contributed by atoms with Crippen LogP contribution in [-0.4, -0.2) is 35.9 Å². The van der Waals surface area contributed by atoms with Gasteiger partial charge in [0.15, 0.2) is 0 Å². The van der Waals surface area contributed by atoms with Crippen LogP contribution in [0.15, 0.2) is 30.3 Å². The minimum atomic E-state index is -0.458. The van der Waals surface area contributed by atoms with Gasteiger partial charge < -0.3 is 14.6 Å². The molecular formula is C16H23NO3. The number of ether oxygens (including phenoxy) is 1. The van der Waals surface area contributed by atoms with Gasteiger partial charge in [0.2, 0.25) is 0 Å². The van der Waals surface area contributed by atoms with Crippen molar-refractivity contribution in [3.63, 3.8) is 0 Å². The number of carbonyl (C=O) groups excluding carboxylic acids is 1. The molecule has 1 aliphatic heterocycles. The van der Waals surface area contributed by atoms with Crippen LogP contribution in [0.1, 0.15) is 37.6 Å². The Balaban J connectivity index is 2.10. The van der Waals surface area contributed by atoms with Gasteiger partial charge in [0.05, 0.1) is 24.7 Å². The second-order valence-corrected chi connectivity index (χ2v) is 6.37. The summed E-state index contributed by atoms with van der Waals surface area (Å²) in [6.45, 7) is 6.38. The van der Waals surface area contributed by atoms with Crippen molar-refractivity contribution in [2.45, 2.75) is 38.8 Å². The van der Waals surface area contributed by atoms with Crippen molar-refractivity contribution in [3.05, 3.63) is 41.1 Å². The molecule has 0 bridgehead atoms. The fraction of sp³-hybridized carbons (Fsp3) is 0.562. The van der Waals surface area contributed by atoms with Crippen molar-refractivity contribution < 1.29 is 14.2 Å². The van der Waals surface area contributed by atoms with E-state index in [0.717, 1.165) is 0 Å². The van der Waals surface area contributed by atoms with Crippen molar-refractivity contribution in [1.29, 1.82) is 0 Å². The Kier molecular flexibility index (Phi) is 3.89. The highest BCUT2D eigenvalue weighted by molar-refractivity contribution is 5.89. The standard InChI is InChI=1S/C16H23NO3/c1-12-14(10-11-17(4,19)16(12,2)3)20-15(18)13-8-6-5-7-9-13/h5-9,12,14H,10-11H2,1-4H3. The van der Waals surface area contributed by atoms with Gasteiger partial charge in [-0.15, -0.1) is 0 Å². The van der Waals surface area contributed by atoms with Crippen LogP contribution < -0.4 is 0 Å². The Morgan fingerprint density at radius 2 is 1.95 bits per heavy atom. The lowest BCUT2D eigenvalue weighted by molar-refractivity contribution is -0.921. The largest absolute Gasteiger partial charge is 0.633 e. The van der Waals surface area contributed by atoms with Crippen LogP contribution in [-0.2, 0) is 4.74 Å². The zero-order chi connectivity index (χ0) is 15.0. The quantitative estimate of drug-likeness (QED) is 0.474. The highest BCUT2D eigenvalue weighted by Gasteiger charge is 2.48. The SMILES string of the molecule is CC1C(OC(=O)c2ccccc2)CC[N+](C)([O-])C1(C)C. The normalized spacial score (nSPS) is 32.6. The predicted molar refractivity (Wildman–Crippen MR) is 77.9 cm³/mol. The second kappa shape index (κ2) is 5.19. The number of esters is 1. The van der Waals surface area contributed by atoms with E-state index < -0.39 is 5.54 Å². The number of likely N-dealkylation sites (tertiary alicyclic amines) is 1. The van der Waals surface area contributed by atoms with E-state index in [4.69, 9.17) is 4.74 Å². The molecule has 20 heavy (non-hydrogen) atoms. The molecule has 0 N–H and O–H groups in total. The van der Waals surface area contributed by atoms with Gasteiger partial charge in [0, 0.05) is 12.3 Å². The molecule has 1 heterocycles. The molecule has 1 saturated heterocycles. The van der Waals surface area contributed by atoms with Crippen LogP contribution in [0.5, 0.6) is 0 Å². The summed E-state index contributed by atoms with van der Waals surface area (Å²) in [5.74, 6) is -0.285. The Hall–Kier alpha value is -1.39. The topological polar surface area (TPSA) is 49.4 Å². The Bertz CT molecular complexity index is 482.